The minimum Gasteiger partial charge on any atom is -0.492 e. The van der Waals surface area contributed by atoms with Crippen LogP contribution in [0.4, 0.5) is 5.69 Å². The minimum absolute atomic E-state index is 0.0241. The monoisotopic (exact) mass is 341 g/mol. The molecule has 3 aromatic rings. The Morgan fingerprint density at radius 3 is 3.08 bits per heavy atom. The van der Waals surface area contributed by atoms with Gasteiger partial charge in [0, 0.05) is 24.1 Å². The van der Waals surface area contributed by atoms with Crippen LogP contribution in [0.15, 0.2) is 59.8 Å². The first kappa shape index (κ1) is 16.3. The molecule has 0 saturated heterocycles. The van der Waals surface area contributed by atoms with Crippen LogP contribution in [-0.2, 0) is 11.3 Å². The Morgan fingerprint density at radius 2 is 2.33 bits per heavy atom. The van der Waals surface area contributed by atoms with E-state index in [0.29, 0.717) is 6.61 Å². The van der Waals surface area contributed by atoms with Crippen LogP contribution in [0.1, 0.15) is 18.4 Å². The lowest BCUT2D eigenvalue weighted by Gasteiger charge is -2.12. The molecule has 1 aromatic carbocycles. The smallest absolute Gasteiger partial charge is 0.231 e. The summed E-state index contributed by atoms with van der Waals surface area (Å²) in [5, 5.41) is 6.92. The van der Waals surface area contributed by atoms with Crippen molar-refractivity contribution in [3.63, 3.8) is 0 Å². The van der Waals surface area contributed by atoms with Gasteiger partial charge >= 0.3 is 0 Å². The van der Waals surface area contributed by atoms with Gasteiger partial charge in [0.2, 0.25) is 5.91 Å². The Bertz CT molecular complexity index is 769. The van der Waals surface area contributed by atoms with Crippen LogP contribution >= 0.6 is 11.3 Å². The summed E-state index contributed by atoms with van der Waals surface area (Å²) in [6, 6.07) is 9.43. The molecule has 0 bridgehead atoms. The number of benzene rings is 1. The van der Waals surface area contributed by atoms with Crippen molar-refractivity contribution in [1.82, 2.24) is 9.55 Å². The molecule has 1 amide bonds. The predicted molar refractivity (Wildman–Crippen MR) is 95.5 cm³/mol. The summed E-state index contributed by atoms with van der Waals surface area (Å²) in [6.45, 7) is 3.17. The fourth-order valence-electron chi connectivity index (χ4n) is 2.27. The molecule has 0 radical (unpaired) electrons. The molecule has 6 heteroatoms. The highest BCUT2D eigenvalue weighted by atomic mass is 32.1. The van der Waals surface area contributed by atoms with Gasteiger partial charge in [0.05, 0.1) is 18.8 Å². The van der Waals surface area contributed by atoms with E-state index in [0.717, 1.165) is 23.5 Å². The van der Waals surface area contributed by atoms with Gasteiger partial charge in [0.15, 0.2) is 0 Å². The van der Waals surface area contributed by atoms with Gasteiger partial charge in [-0.3, -0.25) is 4.79 Å². The molecule has 0 fully saturated rings. The zero-order valence-electron chi connectivity index (χ0n) is 13.4. The number of nitrogens with zero attached hydrogens (tertiary/aromatic N) is 2. The van der Waals surface area contributed by atoms with E-state index >= 15 is 0 Å². The van der Waals surface area contributed by atoms with Crippen molar-refractivity contribution in [3.05, 3.63) is 65.4 Å². The van der Waals surface area contributed by atoms with E-state index in [-0.39, 0.29) is 11.8 Å². The van der Waals surface area contributed by atoms with Gasteiger partial charge in [0.25, 0.3) is 0 Å². The van der Waals surface area contributed by atoms with Crippen LogP contribution in [0.2, 0.25) is 0 Å². The number of carbonyl (C=O) groups excluding carboxylic acids is 1. The molecule has 0 saturated carbocycles. The zero-order valence-corrected chi connectivity index (χ0v) is 14.2. The molecule has 1 atom stereocenters. The number of nitrogens with one attached hydrogen (secondary N) is 1. The molecule has 24 heavy (non-hydrogen) atoms. The largest absolute Gasteiger partial charge is 0.492 e. The third kappa shape index (κ3) is 4.23. The van der Waals surface area contributed by atoms with Crippen molar-refractivity contribution in [2.24, 2.45) is 0 Å². The molecule has 0 unspecified atom stereocenters. The van der Waals surface area contributed by atoms with Gasteiger partial charge in [0.1, 0.15) is 12.4 Å². The van der Waals surface area contributed by atoms with E-state index in [1.54, 1.807) is 23.9 Å². The highest BCUT2D eigenvalue weighted by Crippen LogP contribution is 2.22. The standard InChI is InChI=1S/C18H19N3O2S/c1-14(15-5-10-24-12-15)18(22)20-16-3-2-4-17(11-16)23-9-8-21-7-6-19-13-21/h2-7,10-14H,8-9H2,1H3,(H,20,22)/t14-/m1/s1. The number of imidazole rings is 1. The SMILES string of the molecule is C[C@@H](C(=O)Nc1cccc(OCCn2ccnc2)c1)c1ccsc1. The average Bonchev–Trinajstić information content (AvgIpc) is 3.28. The summed E-state index contributed by atoms with van der Waals surface area (Å²) in [5.41, 5.74) is 1.77. The fourth-order valence-corrected chi connectivity index (χ4v) is 3.03. The van der Waals surface area contributed by atoms with Crippen LogP contribution in [0.3, 0.4) is 0 Å². The lowest BCUT2D eigenvalue weighted by molar-refractivity contribution is -0.117. The Hall–Kier alpha value is -2.60. The molecule has 0 spiro atoms. The second-order valence-electron chi connectivity index (χ2n) is 5.44. The van der Waals surface area contributed by atoms with Crippen LogP contribution in [0.5, 0.6) is 5.75 Å². The van der Waals surface area contributed by atoms with Gasteiger partial charge in [-0.25, -0.2) is 4.98 Å². The molecule has 1 N–H and O–H groups in total. The highest BCUT2D eigenvalue weighted by Gasteiger charge is 2.15. The third-order valence-corrected chi connectivity index (χ3v) is 4.42. The van der Waals surface area contributed by atoms with Crippen LogP contribution in [0.25, 0.3) is 0 Å². The maximum absolute atomic E-state index is 12.3. The van der Waals surface area contributed by atoms with E-state index in [4.69, 9.17) is 4.74 Å². The summed E-state index contributed by atoms with van der Waals surface area (Å²) in [4.78, 5) is 16.3. The van der Waals surface area contributed by atoms with Crippen molar-refractivity contribution in [2.75, 3.05) is 11.9 Å². The van der Waals surface area contributed by atoms with E-state index in [2.05, 4.69) is 10.3 Å². The van der Waals surface area contributed by atoms with Crippen molar-refractivity contribution in [3.8, 4) is 5.75 Å². The Kier molecular flexibility index (Phi) is 5.28. The molecule has 0 aliphatic carbocycles. The molecule has 2 aromatic heterocycles. The van der Waals surface area contributed by atoms with Crippen molar-refractivity contribution in [1.29, 1.82) is 0 Å². The van der Waals surface area contributed by atoms with E-state index in [1.165, 1.54) is 0 Å². The lowest BCUT2D eigenvalue weighted by atomic mass is 10.0. The first-order valence-electron chi connectivity index (χ1n) is 7.74. The van der Waals surface area contributed by atoms with Gasteiger partial charge in [-0.15, -0.1) is 0 Å². The molecule has 2 heterocycles. The van der Waals surface area contributed by atoms with Crippen molar-refractivity contribution in [2.45, 2.75) is 19.4 Å². The second-order valence-corrected chi connectivity index (χ2v) is 6.22. The highest BCUT2D eigenvalue weighted by molar-refractivity contribution is 7.08. The summed E-state index contributed by atoms with van der Waals surface area (Å²) >= 11 is 1.60. The quantitative estimate of drug-likeness (QED) is 0.712. The van der Waals surface area contributed by atoms with Gasteiger partial charge < -0.3 is 14.6 Å². The zero-order chi connectivity index (χ0) is 16.8. The first-order valence-corrected chi connectivity index (χ1v) is 8.68. The minimum atomic E-state index is -0.179. The molecular weight excluding hydrogens is 322 g/mol. The number of aromatic nitrogens is 2. The third-order valence-electron chi connectivity index (χ3n) is 3.72. The normalized spacial score (nSPS) is 11.9. The van der Waals surface area contributed by atoms with Crippen molar-refractivity contribution < 1.29 is 9.53 Å². The number of ether oxygens (including phenoxy) is 1. The average molecular weight is 341 g/mol. The van der Waals surface area contributed by atoms with E-state index in [1.807, 2.05) is 58.8 Å². The molecular formula is C18H19N3O2S. The number of thiophene rings is 1. The number of amides is 1. The first-order chi connectivity index (χ1) is 11.7. The predicted octanol–water partition coefficient (Wildman–Crippen LogP) is 3.77. The Labute approximate surface area is 144 Å². The number of hydrogen-bond acceptors (Lipinski definition) is 4. The maximum Gasteiger partial charge on any atom is 0.231 e. The van der Waals surface area contributed by atoms with Crippen LogP contribution < -0.4 is 10.1 Å². The number of rotatable bonds is 7. The molecule has 0 aliphatic heterocycles. The van der Waals surface area contributed by atoms with Gasteiger partial charge in [-0.2, -0.15) is 11.3 Å². The summed E-state index contributed by atoms with van der Waals surface area (Å²) in [5.74, 6) is 0.530. The topological polar surface area (TPSA) is 56.1 Å². The number of carbonyl (C=O) groups is 1. The Morgan fingerprint density at radius 1 is 1.42 bits per heavy atom. The summed E-state index contributed by atoms with van der Waals surface area (Å²) in [7, 11) is 0. The van der Waals surface area contributed by atoms with Crippen LogP contribution in [0, 0.1) is 0 Å². The molecule has 0 aliphatic rings. The van der Waals surface area contributed by atoms with Crippen molar-refractivity contribution >= 4 is 22.9 Å². The number of hydrogen-bond donors (Lipinski definition) is 1. The molecule has 3 rings (SSSR count). The van der Waals surface area contributed by atoms with E-state index < -0.39 is 0 Å². The number of anilines is 1. The maximum atomic E-state index is 12.3. The summed E-state index contributed by atoms with van der Waals surface area (Å²) < 4.78 is 7.69. The molecule has 124 valence electrons. The Balaban J connectivity index is 1.55. The fraction of sp³-hybridized carbons (Fsp3) is 0.222. The summed E-state index contributed by atoms with van der Waals surface area (Å²) in [6.07, 6.45) is 5.39. The molecule has 5 nitrogen and oxygen atoms in total. The van der Waals surface area contributed by atoms with Gasteiger partial charge in [-0.1, -0.05) is 6.07 Å². The lowest BCUT2D eigenvalue weighted by Crippen LogP contribution is -2.18. The van der Waals surface area contributed by atoms with Gasteiger partial charge in [-0.05, 0) is 41.4 Å². The second kappa shape index (κ2) is 7.79. The van der Waals surface area contributed by atoms with Crippen LogP contribution in [-0.4, -0.2) is 22.1 Å². The van der Waals surface area contributed by atoms with E-state index in [9.17, 15) is 4.79 Å².